The van der Waals surface area contributed by atoms with Gasteiger partial charge in [-0.15, -0.1) is 0 Å². The first-order chi connectivity index (χ1) is 9.17. The number of benzene rings is 1. The van der Waals surface area contributed by atoms with Gasteiger partial charge in [0.25, 0.3) is 0 Å². The summed E-state index contributed by atoms with van der Waals surface area (Å²) >= 11 is 0. The van der Waals surface area contributed by atoms with Crippen LogP contribution in [0.3, 0.4) is 0 Å². The Morgan fingerprint density at radius 2 is 1.80 bits per heavy atom. The highest BCUT2D eigenvalue weighted by atomic mass is 16.6. The maximum atomic E-state index is 12.2. The summed E-state index contributed by atoms with van der Waals surface area (Å²) in [4.78, 5) is 13.9. The average molecular weight is 276 g/mol. The molecule has 1 aliphatic rings. The Balaban J connectivity index is 2.19. The molecule has 2 N–H and O–H groups in total. The number of likely N-dealkylation sites (tertiary alicyclic amines) is 1. The molecule has 20 heavy (non-hydrogen) atoms. The highest BCUT2D eigenvalue weighted by molar-refractivity contribution is 5.70. The minimum absolute atomic E-state index is 0.0243. The van der Waals surface area contributed by atoms with Crippen molar-refractivity contribution < 1.29 is 9.53 Å². The molecule has 0 saturated carbocycles. The van der Waals surface area contributed by atoms with Gasteiger partial charge in [0, 0.05) is 12.6 Å². The first-order valence-corrected chi connectivity index (χ1v) is 7.01. The van der Waals surface area contributed by atoms with Crippen molar-refractivity contribution in [3.05, 3.63) is 34.9 Å². The largest absolute Gasteiger partial charge is 0.444 e. The van der Waals surface area contributed by atoms with Crippen molar-refractivity contribution in [2.45, 2.75) is 52.3 Å². The van der Waals surface area contributed by atoms with Crippen molar-refractivity contribution in [3.8, 4) is 0 Å². The Kier molecular flexibility index (Phi) is 3.78. The third kappa shape index (κ3) is 3.12. The number of aryl methyl sites for hydroxylation is 2. The van der Waals surface area contributed by atoms with Crippen LogP contribution in [0.15, 0.2) is 18.2 Å². The number of nitrogens with zero attached hydrogens (tertiary/aromatic N) is 1. The smallest absolute Gasteiger partial charge is 0.410 e. The molecule has 0 spiro atoms. The van der Waals surface area contributed by atoms with E-state index in [9.17, 15) is 4.79 Å². The molecule has 1 saturated heterocycles. The lowest BCUT2D eigenvalue weighted by Gasteiger charge is -2.46. The molecular weight excluding hydrogens is 252 g/mol. The van der Waals surface area contributed by atoms with E-state index in [0.717, 1.165) is 5.56 Å². The monoisotopic (exact) mass is 276 g/mol. The maximum absolute atomic E-state index is 12.2. The fourth-order valence-corrected chi connectivity index (χ4v) is 2.65. The zero-order chi connectivity index (χ0) is 15.1. The van der Waals surface area contributed by atoms with Gasteiger partial charge in [0.1, 0.15) is 5.60 Å². The lowest BCUT2D eigenvalue weighted by Crippen LogP contribution is -2.60. The highest BCUT2D eigenvalue weighted by Gasteiger charge is 2.42. The number of ether oxygens (including phenoxy) is 1. The van der Waals surface area contributed by atoms with E-state index in [2.05, 4.69) is 32.0 Å². The van der Waals surface area contributed by atoms with Crippen molar-refractivity contribution in [2.24, 2.45) is 5.73 Å². The molecular formula is C16H24N2O2. The predicted octanol–water partition coefficient (Wildman–Crippen LogP) is 2.92. The van der Waals surface area contributed by atoms with E-state index in [0.29, 0.717) is 6.54 Å². The van der Waals surface area contributed by atoms with E-state index >= 15 is 0 Å². The lowest BCUT2D eigenvalue weighted by atomic mass is 9.89. The van der Waals surface area contributed by atoms with Crippen LogP contribution in [0.25, 0.3) is 0 Å². The van der Waals surface area contributed by atoms with Gasteiger partial charge in [-0.1, -0.05) is 29.3 Å². The summed E-state index contributed by atoms with van der Waals surface area (Å²) in [5, 5.41) is 0. The quantitative estimate of drug-likeness (QED) is 0.858. The predicted molar refractivity (Wildman–Crippen MR) is 79.6 cm³/mol. The second-order valence-electron chi connectivity index (χ2n) is 6.66. The summed E-state index contributed by atoms with van der Waals surface area (Å²) in [6, 6.07) is 6.19. The number of hydrogen-bond acceptors (Lipinski definition) is 3. The molecule has 0 aromatic heterocycles. The van der Waals surface area contributed by atoms with E-state index in [1.54, 1.807) is 4.90 Å². The molecule has 1 aromatic carbocycles. The molecule has 1 heterocycles. The van der Waals surface area contributed by atoms with Gasteiger partial charge in [-0.05, 0) is 40.2 Å². The van der Waals surface area contributed by atoms with Crippen LogP contribution >= 0.6 is 0 Å². The van der Waals surface area contributed by atoms with Crippen LogP contribution in [-0.2, 0) is 4.74 Å². The average Bonchev–Trinajstić information content (AvgIpc) is 2.21. The van der Waals surface area contributed by atoms with Crippen LogP contribution in [0.5, 0.6) is 0 Å². The Hall–Kier alpha value is -1.55. The zero-order valence-electron chi connectivity index (χ0n) is 12.9. The van der Waals surface area contributed by atoms with Crippen LogP contribution in [-0.4, -0.2) is 29.2 Å². The molecule has 110 valence electrons. The summed E-state index contributed by atoms with van der Waals surface area (Å²) in [6.07, 6.45) is -0.289. The molecule has 2 atom stereocenters. The molecule has 2 rings (SSSR count). The van der Waals surface area contributed by atoms with Crippen LogP contribution < -0.4 is 5.73 Å². The molecule has 1 aromatic rings. The number of carbonyl (C=O) groups excluding carboxylic acids is 1. The van der Waals surface area contributed by atoms with E-state index < -0.39 is 5.60 Å². The Morgan fingerprint density at radius 3 is 2.25 bits per heavy atom. The fourth-order valence-electron chi connectivity index (χ4n) is 2.65. The maximum Gasteiger partial charge on any atom is 0.410 e. The van der Waals surface area contributed by atoms with Crippen LogP contribution in [0.4, 0.5) is 4.79 Å². The fraction of sp³-hybridized carbons (Fsp3) is 0.562. The molecule has 0 radical (unpaired) electrons. The molecule has 1 aliphatic heterocycles. The number of hydrogen-bond donors (Lipinski definition) is 1. The topological polar surface area (TPSA) is 55.6 Å². The molecule has 0 bridgehead atoms. The van der Waals surface area contributed by atoms with Gasteiger partial charge in [-0.3, -0.25) is 4.90 Å². The Labute approximate surface area is 120 Å². The lowest BCUT2D eigenvalue weighted by molar-refractivity contribution is -0.0134. The summed E-state index contributed by atoms with van der Waals surface area (Å²) in [5.41, 5.74) is 9.07. The second kappa shape index (κ2) is 5.09. The Bertz CT molecular complexity index is 499. The second-order valence-corrected chi connectivity index (χ2v) is 6.66. The molecule has 0 aliphatic carbocycles. The zero-order valence-corrected chi connectivity index (χ0v) is 12.9. The van der Waals surface area contributed by atoms with Gasteiger partial charge >= 0.3 is 6.09 Å². The highest BCUT2D eigenvalue weighted by Crippen LogP contribution is 2.34. The van der Waals surface area contributed by atoms with Gasteiger partial charge in [0.2, 0.25) is 0 Å². The summed E-state index contributed by atoms with van der Waals surface area (Å²) in [5.74, 6) is 0. The van der Waals surface area contributed by atoms with Crippen LogP contribution in [0, 0.1) is 13.8 Å². The van der Waals surface area contributed by atoms with Crippen molar-refractivity contribution in [3.63, 3.8) is 0 Å². The molecule has 4 nitrogen and oxygen atoms in total. The van der Waals surface area contributed by atoms with E-state index in [1.807, 2.05) is 20.8 Å². The standard InChI is InChI=1S/C16H24N2O2/c1-10-6-11(2)8-12(7-10)14-13(17)9-18(14)15(19)20-16(3,4)5/h6-8,13-14H,9,17H2,1-5H3. The molecule has 4 heteroatoms. The van der Waals surface area contributed by atoms with E-state index in [4.69, 9.17) is 10.5 Å². The van der Waals surface area contributed by atoms with Crippen LogP contribution in [0.2, 0.25) is 0 Å². The van der Waals surface area contributed by atoms with Crippen molar-refractivity contribution in [1.29, 1.82) is 0 Å². The SMILES string of the molecule is Cc1cc(C)cc(C2C(N)CN2C(=O)OC(C)(C)C)c1. The molecule has 1 fully saturated rings. The van der Waals surface area contributed by atoms with Gasteiger partial charge in [-0.2, -0.15) is 0 Å². The van der Waals surface area contributed by atoms with Crippen molar-refractivity contribution in [1.82, 2.24) is 4.90 Å². The minimum Gasteiger partial charge on any atom is -0.444 e. The van der Waals surface area contributed by atoms with Gasteiger partial charge < -0.3 is 10.5 Å². The first-order valence-electron chi connectivity index (χ1n) is 7.01. The minimum atomic E-state index is -0.482. The summed E-state index contributed by atoms with van der Waals surface area (Å²) in [7, 11) is 0. The van der Waals surface area contributed by atoms with Gasteiger partial charge in [-0.25, -0.2) is 4.79 Å². The number of carbonyl (C=O) groups is 1. The van der Waals surface area contributed by atoms with E-state index in [1.165, 1.54) is 11.1 Å². The molecule has 2 unspecified atom stereocenters. The van der Waals surface area contributed by atoms with Gasteiger partial charge in [0.05, 0.1) is 6.04 Å². The van der Waals surface area contributed by atoms with Gasteiger partial charge in [0.15, 0.2) is 0 Å². The third-order valence-corrected chi connectivity index (χ3v) is 3.36. The number of amides is 1. The first kappa shape index (κ1) is 14.9. The number of rotatable bonds is 1. The number of nitrogens with two attached hydrogens (primary N) is 1. The Morgan fingerprint density at radius 1 is 1.25 bits per heavy atom. The van der Waals surface area contributed by atoms with E-state index in [-0.39, 0.29) is 18.2 Å². The van der Waals surface area contributed by atoms with Crippen molar-refractivity contribution in [2.75, 3.05) is 6.54 Å². The summed E-state index contributed by atoms with van der Waals surface area (Å²) < 4.78 is 5.43. The van der Waals surface area contributed by atoms with Crippen LogP contribution in [0.1, 0.15) is 43.5 Å². The molecule has 1 amide bonds. The normalized spacial score (nSPS) is 22.4. The third-order valence-electron chi connectivity index (χ3n) is 3.36. The van der Waals surface area contributed by atoms with Crippen molar-refractivity contribution >= 4 is 6.09 Å². The summed E-state index contributed by atoms with van der Waals surface area (Å²) in [6.45, 7) is 10.3.